The highest BCUT2D eigenvalue weighted by atomic mass is 16.5. The number of hydrogen-bond acceptors (Lipinski definition) is 3. The number of rotatable bonds is 6. The smallest absolute Gasteiger partial charge is 0.306 e. The second-order valence-corrected chi connectivity index (χ2v) is 3.56. The summed E-state index contributed by atoms with van der Waals surface area (Å²) in [5.41, 5.74) is 0. The van der Waals surface area contributed by atoms with Crippen LogP contribution in [0, 0.1) is 0 Å². The van der Waals surface area contributed by atoms with Gasteiger partial charge < -0.3 is 10.1 Å². The lowest BCUT2D eigenvalue weighted by Crippen LogP contribution is -2.25. The minimum absolute atomic E-state index is 0.0408. The van der Waals surface area contributed by atoms with Crippen molar-refractivity contribution in [1.29, 1.82) is 0 Å². The number of amides is 1. The summed E-state index contributed by atoms with van der Waals surface area (Å²) in [7, 11) is 0. The maximum atomic E-state index is 11.2. The lowest BCUT2D eigenvalue weighted by Gasteiger charge is -2.03. The predicted molar refractivity (Wildman–Crippen MR) is 51.6 cm³/mol. The van der Waals surface area contributed by atoms with Crippen LogP contribution >= 0.6 is 0 Å². The average molecular weight is 199 g/mol. The Morgan fingerprint density at radius 3 is 2.64 bits per heavy atom. The molecule has 4 heteroatoms. The monoisotopic (exact) mass is 199 g/mol. The van der Waals surface area contributed by atoms with Crippen molar-refractivity contribution in [3.63, 3.8) is 0 Å². The summed E-state index contributed by atoms with van der Waals surface area (Å²) in [4.78, 5) is 22.2. The van der Waals surface area contributed by atoms with E-state index in [9.17, 15) is 9.59 Å². The van der Waals surface area contributed by atoms with Gasteiger partial charge in [-0.25, -0.2) is 0 Å². The maximum absolute atomic E-state index is 11.2. The Labute approximate surface area is 84.0 Å². The molecule has 80 valence electrons. The molecular formula is C10H17NO3. The fraction of sp³-hybridized carbons (Fsp3) is 0.800. The molecule has 4 nitrogen and oxygen atoms in total. The molecular weight excluding hydrogens is 182 g/mol. The van der Waals surface area contributed by atoms with Crippen LogP contribution in [0.4, 0.5) is 0 Å². The fourth-order valence-corrected chi connectivity index (χ4v) is 1.03. The third kappa shape index (κ3) is 4.84. The molecule has 0 atom stereocenters. The van der Waals surface area contributed by atoms with E-state index in [0.29, 0.717) is 12.6 Å². The second kappa shape index (κ2) is 5.62. The van der Waals surface area contributed by atoms with Gasteiger partial charge in [0.25, 0.3) is 0 Å². The Balaban J connectivity index is 2.00. The molecule has 0 bridgehead atoms. The van der Waals surface area contributed by atoms with E-state index < -0.39 is 0 Å². The van der Waals surface area contributed by atoms with Gasteiger partial charge in [-0.3, -0.25) is 9.59 Å². The van der Waals surface area contributed by atoms with Gasteiger partial charge in [-0.2, -0.15) is 0 Å². The van der Waals surface area contributed by atoms with Crippen LogP contribution in [-0.2, 0) is 14.3 Å². The lowest BCUT2D eigenvalue weighted by atomic mass is 10.3. The van der Waals surface area contributed by atoms with E-state index in [-0.39, 0.29) is 24.7 Å². The highest BCUT2D eigenvalue weighted by Gasteiger charge is 2.23. The van der Waals surface area contributed by atoms with Crippen LogP contribution in [0.15, 0.2) is 0 Å². The van der Waals surface area contributed by atoms with Gasteiger partial charge in [0.2, 0.25) is 5.91 Å². The fourth-order valence-electron chi connectivity index (χ4n) is 1.03. The Hall–Kier alpha value is -1.06. The molecule has 1 aliphatic rings. The quantitative estimate of drug-likeness (QED) is 0.649. The van der Waals surface area contributed by atoms with Crippen LogP contribution in [0.5, 0.6) is 0 Å². The van der Waals surface area contributed by atoms with Crippen LogP contribution in [0.2, 0.25) is 0 Å². The molecule has 0 spiro atoms. The zero-order valence-corrected chi connectivity index (χ0v) is 8.54. The van der Waals surface area contributed by atoms with Crippen LogP contribution in [0.3, 0.4) is 0 Å². The number of ether oxygens (including phenoxy) is 1. The van der Waals surface area contributed by atoms with E-state index in [1.54, 1.807) is 0 Å². The lowest BCUT2D eigenvalue weighted by molar-refractivity contribution is -0.145. The third-order valence-electron chi connectivity index (χ3n) is 1.97. The van der Waals surface area contributed by atoms with Crippen LogP contribution < -0.4 is 5.32 Å². The van der Waals surface area contributed by atoms with Gasteiger partial charge in [0.15, 0.2) is 0 Å². The van der Waals surface area contributed by atoms with Gasteiger partial charge in [0.05, 0.1) is 13.0 Å². The molecule has 1 saturated carbocycles. The molecule has 0 unspecified atom stereocenters. The first-order valence-electron chi connectivity index (χ1n) is 5.17. The first-order chi connectivity index (χ1) is 6.72. The van der Waals surface area contributed by atoms with E-state index in [1.165, 1.54) is 0 Å². The summed E-state index contributed by atoms with van der Waals surface area (Å²) < 4.78 is 4.84. The summed E-state index contributed by atoms with van der Waals surface area (Å²) in [6.45, 7) is 2.39. The van der Waals surface area contributed by atoms with E-state index in [2.05, 4.69) is 5.32 Å². The summed E-state index contributed by atoms with van der Waals surface area (Å²) in [5, 5.41) is 2.82. The van der Waals surface area contributed by atoms with E-state index in [4.69, 9.17) is 4.74 Å². The highest BCUT2D eigenvalue weighted by molar-refractivity contribution is 5.81. The minimum Gasteiger partial charge on any atom is -0.466 e. The number of esters is 1. The molecule has 0 saturated heterocycles. The topological polar surface area (TPSA) is 55.4 Å². The molecule has 0 aliphatic heterocycles. The van der Waals surface area contributed by atoms with Crippen molar-refractivity contribution in [3.05, 3.63) is 0 Å². The van der Waals surface area contributed by atoms with Crippen molar-refractivity contribution >= 4 is 11.9 Å². The van der Waals surface area contributed by atoms with Crippen LogP contribution in [0.25, 0.3) is 0 Å². The Kier molecular flexibility index (Phi) is 4.43. The summed E-state index contributed by atoms with van der Waals surface area (Å²) in [5.74, 6) is -0.321. The number of carbonyl (C=O) groups excluding carboxylic acids is 2. The Morgan fingerprint density at radius 1 is 1.36 bits per heavy atom. The zero-order chi connectivity index (χ0) is 10.4. The standard InChI is InChI=1S/C10H17NO3/c1-2-7-14-10(13)6-5-9(12)11-8-3-4-8/h8H,2-7H2,1H3,(H,11,12). The molecule has 1 amide bonds. The number of nitrogens with one attached hydrogen (secondary N) is 1. The predicted octanol–water partition coefficient (Wildman–Crippen LogP) is 0.998. The van der Waals surface area contributed by atoms with Crippen molar-refractivity contribution in [2.45, 2.75) is 45.1 Å². The van der Waals surface area contributed by atoms with E-state index in [1.807, 2.05) is 6.92 Å². The molecule has 1 rings (SSSR count). The number of carbonyl (C=O) groups is 2. The van der Waals surface area contributed by atoms with Crippen molar-refractivity contribution in [2.24, 2.45) is 0 Å². The molecule has 1 aliphatic carbocycles. The first kappa shape index (κ1) is 11.0. The molecule has 0 aromatic rings. The Bertz CT molecular complexity index is 211. The van der Waals surface area contributed by atoms with E-state index in [0.717, 1.165) is 19.3 Å². The van der Waals surface area contributed by atoms with Gasteiger partial charge >= 0.3 is 5.97 Å². The molecule has 0 heterocycles. The molecule has 1 fully saturated rings. The summed E-state index contributed by atoms with van der Waals surface area (Å²) in [6.07, 6.45) is 3.41. The molecule has 0 aromatic heterocycles. The summed E-state index contributed by atoms with van der Waals surface area (Å²) in [6, 6.07) is 0.370. The van der Waals surface area contributed by atoms with Crippen LogP contribution in [0.1, 0.15) is 39.0 Å². The molecule has 0 aromatic carbocycles. The third-order valence-corrected chi connectivity index (χ3v) is 1.97. The molecule has 14 heavy (non-hydrogen) atoms. The maximum Gasteiger partial charge on any atom is 0.306 e. The molecule has 1 N–H and O–H groups in total. The van der Waals surface area contributed by atoms with Gasteiger partial charge in [-0.1, -0.05) is 6.92 Å². The van der Waals surface area contributed by atoms with Crippen molar-refractivity contribution in [3.8, 4) is 0 Å². The first-order valence-corrected chi connectivity index (χ1v) is 5.17. The normalized spacial score (nSPS) is 14.9. The molecule has 0 radical (unpaired) electrons. The Morgan fingerprint density at radius 2 is 2.07 bits per heavy atom. The van der Waals surface area contributed by atoms with Crippen LogP contribution in [-0.4, -0.2) is 24.5 Å². The van der Waals surface area contributed by atoms with Gasteiger partial charge in [-0.15, -0.1) is 0 Å². The van der Waals surface area contributed by atoms with E-state index >= 15 is 0 Å². The zero-order valence-electron chi connectivity index (χ0n) is 8.54. The highest BCUT2D eigenvalue weighted by Crippen LogP contribution is 2.18. The average Bonchev–Trinajstić information content (AvgIpc) is 2.95. The summed E-state index contributed by atoms with van der Waals surface area (Å²) >= 11 is 0. The second-order valence-electron chi connectivity index (χ2n) is 3.56. The van der Waals surface area contributed by atoms with Gasteiger partial charge in [-0.05, 0) is 19.3 Å². The SMILES string of the molecule is CCCOC(=O)CCC(=O)NC1CC1. The largest absolute Gasteiger partial charge is 0.466 e. The van der Waals surface area contributed by atoms with Crippen molar-refractivity contribution in [1.82, 2.24) is 5.32 Å². The van der Waals surface area contributed by atoms with Gasteiger partial charge in [0.1, 0.15) is 0 Å². The minimum atomic E-state index is -0.280. The van der Waals surface area contributed by atoms with Crippen molar-refractivity contribution < 1.29 is 14.3 Å². The van der Waals surface area contributed by atoms with Crippen molar-refractivity contribution in [2.75, 3.05) is 6.61 Å². The number of hydrogen-bond donors (Lipinski definition) is 1. The van der Waals surface area contributed by atoms with Gasteiger partial charge in [0, 0.05) is 12.5 Å².